The lowest BCUT2D eigenvalue weighted by Gasteiger charge is -1.93. The number of nitrogens with zero attached hydrogens (tertiary/aromatic N) is 4. The predicted octanol–water partition coefficient (Wildman–Crippen LogP) is 1.74. The van der Waals surface area contributed by atoms with Crippen molar-refractivity contribution in [3.05, 3.63) is 29.8 Å². The van der Waals surface area contributed by atoms with Gasteiger partial charge in [-0.3, -0.25) is 4.68 Å². The summed E-state index contributed by atoms with van der Waals surface area (Å²) in [5, 5.41) is 8.68. The maximum Gasteiger partial charge on any atom is 0.151 e. The molecule has 4 nitrogen and oxygen atoms in total. The predicted molar refractivity (Wildman–Crippen MR) is 50.0 cm³/mol. The Balaban J connectivity index is 2.35. The lowest BCUT2D eigenvalue weighted by molar-refractivity contribution is 0.659. The number of aryl methyl sites for hydroxylation is 1. The van der Waals surface area contributed by atoms with Crippen LogP contribution in [0.15, 0.2) is 24.7 Å². The molecule has 0 amide bonds. The third-order valence-corrected chi connectivity index (χ3v) is 1.97. The Labute approximate surface area is 80.7 Å². The van der Waals surface area contributed by atoms with Gasteiger partial charge in [-0.15, -0.1) is 0 Å². The molecule has 0 bridgehead atoms. The quantitative estimate of drug-likeness (QED) is 0.734. The molecule has 68 valence electrons. The van der Waals surface area contributed by atoms with E-state index in [9.17, 15) is 0 Å². The molecule has 13 heavy (non-hydrogen) atoms. The zero-order chi connectivity index (χ0) is 9.26. The van der Waals surface area contributed by atoms with E-state index in [-0.39, 0.29) is 0 Å². The number of hydrogen-bond donors (Lipinski definition) is 0. The van der Waals surface area contributed by atoms with Crippen molar-refractivity contribution in [3.63, 3.8) is 0 Å². The molecule has 2 heterocycles. The standard InChI is InChI=1S/C8H9ClN4/c1-2-12-6-7(5-10-12)13-4-3-8(9)11-13/h3-6H,2H2,1H3. The lowest BCUT2D eigenvalue weighted by Crippen LogP contribution is -1.94. The summed E-state index contributed by atoms with van der Waals surface area (Å²) < 4.78 is 3.53. The molecular formula is C8H9ClN4. The molecule has 0 atom stereocenters. The molecule has 0 aliphatic heterocycles. The molecule has 2 rings (SSSR count). The van der Waals surface area contributed by atoms with Gasteiger partial charge in [-0.05, 0) is 13.0 Å². The molecule has 0 unspecified atom stereocenters. The highest BCUT2D eigenvalue weighted by Gasteiger charge is 2.01. The van der Waals surface area contributed by atoms with E-state index in [0.29, 0.717) is 5.15 Å². The Morgan fingerprint density at radius 3 is 2.92 bits per heavy atom. The van der Waals surface area contributed by atoms with E-state index in [1.165, 1.54) is 0 Å². The van der Waals surface area contributed by atoms with Crippen molar-refractivity contribution in [2.75, 3.05) is 0 Å². The molecule has 0 spiro atoms. The van der Waals surface area contributed by atoms with Gasteiger partial charge in [0.15, 0.2) is 5.15 Å². The van der Waals surface area contributed by atoms with Gasteiger partial charge in [0.05, 0.1) is 12.4 Å². The van der Waals surface area contributed by atoms with Crippen LogP contribution in [0, 0.1) is 0 Å². The molecule has 0 saturated carbocycles. The molecule has 0 aliphatic rings. The highest BCUT2D eigenvalue weighted by Crippen LogP contribution is 2.09. The molecule has 2 aromatic heterocycles. The van der Waals surface area contributed by atoms with E-state index in [1.807, 2.05) is 17.8 Å². The van der Waals surface area contributed by atoms with Crippen molar-refractivity contribution in [2.24, 2.45) is 0 Å². The van der Waals surface area contributed by atoms with Crippen LogP contribution in [0.2, 0.25) is 5.15 Å². The number of rotatable bonds is 2. The van der Waals surface area contributed by atoms with Crippen LogP contribution in [0.1, 0.15) is 6.92 Å². The van der Waals surface area contributed by atoms with Gasteiger partial charge in [-0.25, -0.2) is 4.68 Å². The van der Waals surface area contributed by atoms with Crippen molar-refractivity contribution in [3.8, 4) is 5.69 Å². The molecular weight excluding hydrogens is 188 g/mol. The van der Waals surface area contributed by atoms with Crippen LogP contribution in [0.4, 0.5) is 0 Å². The SMILES string of the molecule is CCn1cc(-n2ccc(Cl)n2)cn1. The lowest BCUT2D eigenvalue weighted by atomic mass is 10.6. The first-order valence-electron chi connectivity index (χ1n) is 4.03. The maximum atomic E-state index is 5.69. The second-order valence-corrected chi connectivity index (χ2v) is 3.02. The van der Waals surface area contributed by atoms with Crippen LogP contribution < -0.4 is 0 Å². The summed E-state index contributed by atoms with van der Waals surface area (Å²) in [5.74, 6) is 0. The minimum absolute atomic E-state index is 0.490. The average Bonchev–Trinajstić information content (AvgIpc) is 2.71. The topological polar surface area (TPSA) is 35.6 Å². The zero-order valence-corrected chi connectivity index (χ0v) is 7.94. The fourth-order valence-electron chi connectivity index (χ4n) is 1.09. The van der Waals surface area contributed by atoms with Gasteiger partial charge in [-0.2, -0.15) is 10.2 Å². The van der Waals surface area contributed by atoms with Crippen molar-refractivity contribution >= 4 is 11.6 Å². The van der Waals surface area contributed by atoms with Crippen LogP contribution in [0.25, 0.3) is 5.69 Å². The second kappa shape index (κ2) is 3.22. The second-order valence-electron chi connectivity index (χ2n) is 2.64. The Kier molecular flexibility index (Phi) is 2.06. The zero-order valence-electron chi connectivity index (χ0n) is 7.18. The maximum absolute atomic E-state index is 5.69. The highest BCUT2D eigenvalue weighted by molar-refractivity contribution is 6.29. The van der Waals surface area contributed by atoms with Gasteiger partial charge in [-0.1, -0.05) is 11.6 Å². The summed E-state index contributed by atoms with van der Waals surface area (Å²) in [6.45, 7) is 2.89. The highest BCUT2D eigenvalue weighted by atomic mass is 35.5. The van der Waals surface area contributed by atoms with Crippen LogP contribution >= 0.6 is 11.6 Å². The van der Waals surface area contributed by atoms with E-state index in [1.54, 1.807) is 23.1 Å². The first-order chi connectivity index (χ1) is 6.29. The molecule has 0 N–H and O–H groups in total. The van der Waals surface area contributed by atoms with Crippen molar-refractivity contribution in [2.45, 2.75) is 13.5 Å². The minimum atomic E-state index is 0.490. The van der Waals surface area contributed by atoms with E-state index >= 15 is 0 Å². The van der Waals surface area contributed by atoms with Gasteiger partial charge in [0.25, 0.3) is 0 Å². The van der Waals surface area contributed by atoms with E-state index in [4.69, 9.17) is 11.6 Å². The number of aromatic nitrogens is 4. The normalized spacial score (nSPS) is 10.6. The summed E-state index contributed by atoms with van der Waals surface area (Å²) in [6, 6.07) is 1.74. The summed E-state index contributed by atoms with van der Waals surface area (Å²) in [7, 11) is 0. The van der Waals surface area contributed by atoms with Crippen LogP contribution in [0.3, 0.4) is 0 Å². The third kappa shape index (κ3) is 1.58. The smallest absolute Gasteiger partial charge is 0.151 e. The van der Waals surface area contributed by atoms with Gasteiger partial charge in [0, 0.05) is 12.7 Å². The summed E-state index contributed by atoms with van der Waals surface area (Å²) in [4.78, 5) is 0. The van der Waals surface area contributed by atoms with E-state index in [2.05, 4.69) is 10.2 Å². The van der Waals surface area contributed by atoms with Crippen LogP contribution in [0.5, 0.6) is 0 Å². The molecule has 0 aromatic carbocycles. The Bertz CT molecular complexity index is 404. The Morgan fingerprint density at radius 2 is 2.38 bits per heavy atom. The monoisotopic (exact) mass is 196 g/mol. The van der Waals surface area contributed by atoms with Gasteiger partial charge in [0.2, 0.25) is 0 Å². The minimum Gasteiger partial charge on any atom is -0.271 e. The molecule has 5 heteroatoms. The summed E-state index contributed by atoms with van der Waals surface area (Å²) in [5.41, 5.74) is 0.925. The third-order valence-electron chi connectivity index (χ3n) is 1.76. The average molecular weight is 197 g/mol. The molecule has 0 radical (unpaired) electrons. The van der Waals surface area contributed by atoms with Gasteiger partial charge >= 0.3 is 0 Å². The molecule has 0 saturated heterocycles. The molecule has 0 aliphatic carbocycles. The number of halogens is 1. The van der Waals surface area contributed by atoms with Crippen molar-refractivity contribution < 1.29 is 0 Å². The van der Waals surface area contributed by atoms with Gasteiger partial charge in [0.1, 0.15) is 5.69 Å². The Hall–Kier alpha value is -1.29. The van der Waals surface area contributed by atoms with Crippen molar-refractivity contribution in [1.29, 1.82) is 0 Å². The first-order valence-corrected chi connectivity index (χ1v) is 4.41. The molecule has 0 fully saturated rings. The molecule has 2 aromatic rings. The number of hydrogen-bond acceptors (Lipinski definition) is 2. The largest absolute Gasteiger partial charge is 0.271 e. The Morgan fingerprint density at radius 1 is 1.54 bits per heavy atom. The van der Waals surface area contributed by atoms with Crippen LogP contribution in [-0.4, -0.2) is 19.6 Å². The first kappa shape index (κ1) is 8.31. The van der Waals surface area contributed by atoms with E-state index < -0.39 is 0 Å². The van der Waals surface area contributed by atoms with E-state index in [0.717, 1.165) is 12.2 Å². The summed E-state index contributed by atoms with van der Waals surface area (Å²) in [6.07, 6.45) is 5.48. The fourth-order valence-corrected chi connectivity index (χ4v) is 1.23. The van der Waals surface area contributed by atoms with Crippen molar-refractivity contribution in [1.82, 2.24) is 19.6 Å². The fraction of sp³-hybridized carbons (Fsp3) is 0.250. The summed E-state index contributed by atoms with van der Waals surface area (Å²) >= 11 is 5.69. The van der Waals surface area contributed by atoms with Gasteiger partial charge < -0.3 is 0 Å². The van der Waals surface area contributed by atoms with Crippen LogP contribution in [-0.2, 0) is 6.54 Å².